The van der Waals surface area contributed by atoms with Gasteiger partial charge >= 0.3 is 12.4 Å². The van der Waals surface area contributed by atoms with Crippen LogP contribution in [0, 0.1) is 6.92 Å². The number of benzene rings is 1. The minimum Gasteiger partial charge on any atom is -0.294 e. The number of hydrogen-bond acceptors (Lipinski definition) is 1. The van der Waals surface area contributed by atoms with Crippen LogP contribution in [0.1, 0.15) is 43.0 Å². The number of rotatable bonds is 2. The van der Waals surface area contributed by atoms with E-state index in [-0.39, 0.29) is 11.1 Å². The lowest BCUT2D eigenvalue weighted by molar-refractivity contribution is -0.144. The van der Waals surface area contributed by atoms with Crippen molar-refractivity contribution in [3.8, 4) is 0 Å². The second-order valence-electron chi connectivity index (χ2n) is 5.12. The van der Waals surface area contributed by atoms with Gasteiger partial charge in [0, 0.05) is 5.57 Å². The Morgan fingerprint density at radius 2 is 1.23 bits per heavy atom. The first-order chi connectivity index (χ1) is 9.76. The van der Waals surface area contributed by atoms with Crippen molar-refractivity contribution < 1.29 is 31.1 Å². The van der Waals surface area contributed by atoms with E-state index in [0.717, 1.165) is 13.8 Å². The van der Waals surface area contributed by atoms with Crippen LogP contribution < -0.4 is 0 Å². The predicted octanol–water partition coefficient (Wildman–Crippen LogP) is 5.42. The van der Waals surface area contributed by atoms with Crippen molar-refractivity contribution in [1.29, 1.82) is 0 Å². The summed E-state index contributed by atoms with van der Waals surface area (Å²) in [6.45, 7) is 4.78. The van der Waals surface area contributed by atoms with Gasteiger partial charge in [-0.15, -0.1) is 0 Å². The highest BCUT2D eigenvalue weighted by Crippen LogP contribution is 2.41. The molecule has 22 heavy (non-hydrogen) atoms. The first-order valence-electron chi connectivity index (χ1n) is 6.24. The molecule has 122 valence electrons. The van der Waals surface area contributed by atoms with Crippen LogP contribution >= 0.6 is 0 Å². The van der Waals surface area contributed by atoms with E-state index < -0.39 is 34.8 Å². The van der Waals surface area contributed by atoms with Crippen LogP contribution in [0.3, 0.4) is 0 Å². The number of allylic oxidation sites excluding steroid dienone is 2. The molecular weight excluding hydrogens is 310 g/mol. The van der Waals surface area contributed by atoms with Crippen LogP contribution in [0.5, 0.6) is 0 Å². The maximum atomic E-state index is 13.0. The summed E-state index contributed by atoms with van der Waals surface area (Å²) < 4.78 is 78.0. The average Bonchev–Trinajstić information content (AvgIpc) is 2.26. The minimum atomic E-state index is -4.94. The lowest BCUT2D eigenvalue weighted by Gasteiger charge is -2.19. The maximum absolute atomic E-state index is 13.0. The summed E-state index contributed by atoms with van der Waals surface area (Å²) in [6.07, 6.45) is -9.88. The molecule has 0 aliphatic rings. The molecule has 0 unspecified atom stereocenters. The Bertz CT molecular complexity index is 595. The molecule has 0 bridgehead atoms. The Hall–Kier alpha value is -1.79. The van der Waals surface area contributed by atoms with Crippen molar-refractivity contribution in [2.45, 2.75) is 40.0 Å². The van der Waals surface area contributed by atoms with Gasteiger partial charge in [-0.2, -0.15) is 26.3 Å². The van der Waals surface area contributed by atoms with Crippen molar-refractivity contribution in [2.75, 3.05) is 0 Å². The molecule has 0 saturated heterocycles. The van der Waals surface area contributed by atoms with Gasteiger partial charge in [0.25, 0.3) is 0 Å². The van der Waals surface area contributed by atoms with Crippen LogP contribution in [-0.4, -0.2) is 5.78 Å². The monoisotopic (exact) mass is 324 g/mol. The second-order valence-corrected chi connectivity index (χ2v) is 5.12. The van der Waals surface area contributed by atoms with E-state index in [9.17, 15) is 31.1 Å². The molecule has 1 aromatic rings. The lowest BCUT2D eigenvalue weighted by atomic mass is 9.91. The van der Waals surface area contributed by atoms with E-state index in [4.69, 9.17) is 0 Å². The van der Waals surface area contributed by atoms with Crippen LogP contribution in [-0.2, 0) is 17.1 Å². The Kier molecular flexibility index (Phi) is 4.79. The van der Waals surface area contributed by atoms with Crippen molar-refractivity contribution in [2.24, 2.45) is 0 Å². The highest BCUT2D eigenvalue weighted by Gasteiger charge is 2.40. The largest absolute Gasteiger partial charge is 0.416 e. The van der Waals surface area contributed by atoms with E-state index in [2.05, 4.69) is 0 Å². The fourth-order valence-electron chi connectivity index (χ4n) is 2.29. The van der Waals surface area contributed by atoms with E-state index in [1.165, 1.54) is 13.8 Å². The number of alkyl halides is 6. The molecule has 7 heteroatoms. The van der Waals surface area contributed by atoms with Crippen LogP contribution in [0.4, 0.5) is 26.3 Å². The van der Waals surface area contributed by atoms with E-state index in [1.54, 1.807) is 0 Å². The topological polar surface area (TPSA) is 17.1 Å². The zero-order valence-corrected chi connectivity index (χ0v) is 12.3. The highest BCUT2D eigenvalue weighted by molar-refractivity contribution is 6.20. The molecule has 0 spiro atoms. The van der Waals surface area contributed by atoms with E-state index in [0.29, 0.717) is 17.7 Å². The molecule has 0 aliphatic carbocycles. The predicted molar refractivity (Wildman–Crippen MR) is 70.1 cm³/mol. The number of Topliss-reactive ketones (excluding diaryl/α,β-unsaturated/α-hetero) is 1. The van der Waals surface area contributed by atoms with Gasteiger partial charge in [0.05, 0.1) is 11.1 Å². The molecule has 0 heterocycles. The molecule has 1 rings (SSSR count). The van der Waals surface area contributed by atoms with Gasteiger partial charge in [0.2, 0.25) is 0 Å². The first kappa shape index (κ1) is 18.3. The van der Waals surface area contributed by atoms with Gasteiger partial charge in [-0.25, -0.2) is 0 Å². The average molecular weight is 324 g/mol. The zero-order chi connectivity index (χ0) is 17.5. The van der Waals surface area contributed by atoms with Gasteiger partial charge in [0.1, 0.15) is 0 Å². The first-order valence-corrected chi connectivity index (χ1v) is 6.24. The smallest absolute Gasteiger partial charge is 0.294 e. The number of carbonyl (C=O) groups excluding carboxylic acids is 1. The molecule has 0 saturated carbocycles. The normalized spacial score (nSPS) is 12.3. The lowest BCUT2D eigenvalue weighted by Crippen LogP contribution is -2.16. The quantitative estimate of drug-likeness (QED) is 0.525. The SMILES string of the molecule is CC(=O)C(=C(C)C)c1cc(C(F)(F)F)c(C)c(C(F)(F)F)c1. The molecule has 1 nitrogen and oxygen atoms in total. The molecule has 0 aliphatic heterocycles. The third-order valence-electron chi connectivity index (χ3n) is 3.16. The fourth-order valence-corrected chi connectivity index (χ4v) is 2.29. The summed E-state index contributed by atoms with van der Waals surface area (Å²) in [5.41, 5.74) is -3.86. The van der Waals surface area contributed by atoms with Gasteiger partial charge in [0.15, 0.2) is 5.78 Å². The number of ketones is 1. The molecule has 0 fully saturated rings. The van der Waals surface area contributed by atoms with Crippen LogP contribution in [0.2, 0.25) is 0 Å². The van der Waals surface area contributed by atoms with Crippen molar-refractivity contribution in [3.05, 3.63) is 40.0 Å². The summed E-state index contributed by atoms with van der Waals surface area (Å²) in [4.78, 5) is 11.6. The van der Waals surface area contributed by atoms with Crippen molar-refractivity contribution in [3.63, 3.8) is 0 Å². The van der Waals surface area contributed by atoms with E-state index >= 15 is 0 Å². The molecule has 0 N–H and O–H groups in total. The molecule has 1 aromatic carbocycles. The number of hydrogen-bond donors (Lipinski definition) is 0. The minimum absolute atomic E-state index is 0.143. The summed E-state index contributed by atoms with van der Waals surface area (Å²) in [6, 6.07) is 1.18. The Balaban J connectivity index is 3.84. The van der Waals surface area contributed by atoms with Gasteiger partial charge in [-0.3, -0.25) is 4.79 Å². The maximum Gasteiger partial charge on any atom is 0.416 e. The van der Waals surface area contributed by atoms with Crippen molar-refractivity contribution >= 4 is 11.4 Å². The molecular formula is C15H14F6O. The number of carbonyl (C=O) groups is 1. The van der Waals surface area contributed by atoms with E-state index in [1.807, 2.05) is 0 Å². The summed E-state index contributed by atoms with van der Waals surface area (Å²) in [5.74, 6) is -0.592. The van der Waals surface area contributed by atoms with Crippen molar-refractivity contribution in [1.82, 2.24) is 0 Å². The standard InChI is InChI=1S/C15H14F6O/c1-7(2)13(9(4)22)10-5-11(14(16,17)18)8(3)12(6-10)15(19,20)21/h5-6H,1-4H3. The van der Waals surface area contributed by atoms with Crippen LogP contribution in [0.25, 0.3) is 5.57 Å². The fraction of sp³-hybridized carbons (Fsp3) is 0.400. The third-order valence-corrected chi connectivity index (χ3v) is 3.16. The summed E-state index contributed by atoms with van der Waals surface area (Å²) in [5, 5.41) is 0. The molecule has 0 atom stereocenters. The summed E-state index contributed by atoms with van der Waals surface area (Å²) in [7, 11) is 0. The second kappa shape index (κ2) is 5.78. The van der Waals surface area contributed by atoms with Gasteiger partial charge < -0.3 is 0 Å². The Morgan fingerprint density at radius 3 is 1.45 bits per heavy atom. The third kappa shape index (κ3) is 3.69. The Labute approximate surface area is 123 Å². The molecule has 0 amide bonds. The van der Waals surface area contributed by atoms with Crippen LogP contribution in [0.15, 0.2) is 17.7 Å². The highest BCUT2D eigenvalue weighted by atomic mass is 19.4. The molecule has 0 aromatic heterocycles. The number of halogens is 6. The van der Waals surface area contributed by atoms with Gasteiger partial charge in [-0.05, 0) is 51.0 Å². The molecule has 0 radical (unpaired) electrons. The summed E-state index contributed by atoms with van der Waals surface area (Å²) >= 11 is 0. The Morgan fingerprint density at radius 1 is 0.864 bits per heavy atom. The van der Waals surface area contributed by atoms with Gasteiger partial charge in [-0.1, -0.05) is 5.57 Å². The zero-order valence-electron chi connectivity index (χ0n) is 12.3.